The van der Waals surface area contributed by atoms with Gasteiger partial charge in [-0.25, -0.2) is 0 Å². The van der Waals surface area contributed by atoms with Gasteiger partial charge in [-0.2, -0.15) is 0 Å². The van der Waals surface area contributed by atoms with Gasteiger partial charge in [0.25, 0.3) is 0 Å². The molecule has 0 aromatic rings. The van der Waals surface area contributed by atoms with Crippen LogP contribution in [0.5, 0.6) is 0 Å². The van der Waals surface area contributed by atoms with Crippen LogP contribution >= 0.6 is 0 Å². The summed E-state index contributed by atoms with van der Waals surface area (Å²) in [6.07, 6.45) is 0. The van der Waals surface area contributed by atoms with Gasteiger partial charge in [-0.3, -0.25) is 4.90 Å². The molecule has 14 heavy (non-hydrogen) atoms. The highest BCUT2D eigenvalue weighted by molar-refractivity contribution is 4.86. The summed E-state index contributed by atoms with van der Waals surface area (Å²) in [4.78, 5) is 5.18. The van der Waals surface area contributed by atoms with E-state index < -0.39 is 0 Å². The van der Waals surface area contributed by atoms with Crippen molar-refractivity contribution in [3.05, 3.63) is 0 Å². The maximum Gasteiger partial charge on any atom is 0.0348 e. The average Bonchev–Trinajstić information content (AvgIpc) is 2.31. The fraction of sp³-hybridized carbons (Fsp3) is 1.00. The van der Waals surface area contributed by atoms with E-state index in [1.165, 1.54) is 52.9 Å². The minimum Gasteiger partial charge on any atom is -0.333 e. The number of piperazine rings is 2. The molecule has 2 heterocycles. The quantitative estimate of drug-likeness (QED) is 0.580. The summed E-state index contributed by atoms with van der Waals surface area (Å²) in [5.41, 5.74) is 4.50. The number of nitrogens with two attached hydrogens (primary N) is 1. The molecule has 84 valence electrons. The topological polar surface area (TPSA) is 44.5 Å². The molecule has 2 saturated heterocycles. The van der Waals surface area contributed by atoms with Gasteiger partial charge in [0.2, 0.25) is 0 Å². The molecule has 0 aromatic carbocycles. The van der Waals surface area contributed by atoms with Crippen LogP contribution in [-0.4, -0.2) is 68.7 Å². The Morgan fingerprint density at radius 3 is 2.79 bits per heavy atom. The number of likely N-dealkylation sites (N-methyl/N-ethyl adjacent to an activating group) is 1. The minimum absolute atomic E-state index is 0.785. The van der Waals surface area contributed by atoms with Crippen molar-refractivity contribution in [1.82, 2.24) is 15.1 Å². The van der Waals surface area contributed by atoms with Gasteiger partial charge in [0, 0.05) is 45.3 Å². The summed E-state index contributed by atoms with van der Waals surface area (Å²) < 4.78 is 0. The fourth-order valence-electron chi connectivity index (χ4n) is 2.22. The molecule has 0 saturated carbocycles. The molecule has 1 unspecified atom stereocenters. The molecule has 2 aliphatic rings. The average molecular weight is 200 g/mol. The zero-order valence-electron chi connectivity index (χ0n) is 9.50. The first-order valence-corrected chi connectivity index (χ1v) is 5.65. The molecular formula is C10H24N4. The molecule has 0 aromatic heterocycles. The molecule has 4 nitrogen and oxygen atoms in total. The van der Waals surface area contributed by atoms with E-state index in [9.17, 15) is 0 Å². The van der Waals surface area contributed by atoms with Gasteiger partial charge in [-0.1, -0.05) is 6.92 Å². The normalized spacial score (nSPS) is 28.9. The van der Waals surface area contributed by atoms with Crippen LogP contribution in [0.25, 0.3) is 0 Å². The lowest BCUT2D eigenvalue weighted by Crippen LogP contribution is -2.60. The minimum atomic E-state index is 0.785. The molecule has 0 spiro atoms. The van der Waals surface area contributed by atoms with Crippen LogP contribution in [-0.2, 0) is 0 Å². The lowest BCUT2D eigenvalue weighted by atomic mass is 10.1. The van der Waals surface area contributed by atoms with E-state index in [-0.39, 0.29) is 0 Å². The van der Waals surface area contributed by atoms with Crippen LogP contribution in [0.1, 0.15) is 6.92 Å². The van der Waals surface area contributed by atoms with Crippen LogP contribution in [0.3, 0.4) is 0 Å². The molecule has 2 fully saturated rings. The summed E-state index contributed by atoms with van der Waals surface area (Å²) in [5, 5.41) is 3.46. The van der Waals surface area contributed by atoms with Gasteiger partial charge in [0.05, 0.1) is 0 Å². The molecule has 0 aliphatic carbocycles. The molecule has 0 bridgehead atoms. The van der Waals surface area contributed by atoms with Crippen LogP contribution in [0.4, 0.5) is 0 Å². The SMILES string of the molecule is CCN1CCN2CCNCC2C1.CN. The van der Waals surface area contributed by atoms with E-state index in [0.29, 0.717) is 0 Å². The third-order valence-electron chi connectivity index (χ3n) is 3.09. The number of nitrogens with one attached hydrogen (secondary N) is 1. The maximum absolute atomic E-state index is 4.50. The molecule has 2 aliphatic heterocycles. The summed E-state index contributed by atoms with van der Waals surface area (Å²) in [7, 11) is 1.50. The molecule has 0 amide bonds. The van der Waals surface area contributed by atoms with E-state index >= 15 is 0 Å². The highest BCUT2D eigenvalue weighted by Gasteiger charge is 2.27. The lowest BCUT2D eigenvalue weighted by Gasteiger charge is -2.43. The van der Waals surface area contributed by atoms with Gasteiger partial charge in [0.15, 0.2) is 0 Å². The van der Waals surface area contributed by atoms with Crippen molar-refractivity contribution in [3.8, 4) is 0 Å². The van der Waals surface area contributed by atoms with Gasteiger partial charge in [-0.05, 0) is 13.6 Å². The Hall–Kier alpha value is -0.160. The Morgan fingerprint density at radius 1 is 1.29 bits per heavy atom. The van der Waals surface area contributed by atoms with E-state index in [0.717, 1.165) is 6.04 Å². The van der Waals surface area contributed by atoms with Gasteiger partial charge in [0.1, 0.15) is 0 Å². The van der Waals surface area contributed by atoms with Crippen molar-refractivity contribution >= 4 is 0 Å². The summed E-state index contributed by atoms with van der Waals surface area (Å²) in [6, 6.07) is 0.785. The third-order valence-corrected chi connectivity index (χ3v) is 3.09. The van der Waals surface area contributed by atoms with Gasteiger partial charge < -0.3 is 16.0 Å². The maximum atomic E-state index is 4.50. The Balaban J connectivity index is 0.000000461. The lowest BCUT2D eigenvalue weighted by molar-refractivity contribution is 0.0609. The highest BCUT2D eigenvalue weighted by Crippen LogP contribution is 2.10. The largest absolute Gasteiger partial charge is 0.333 e. The van der Waals surface area contributed by atoms with E-state index in [4.69, 9.17) is 0 Å². The van der Waals surface area contributed by atoms with Crippen molar-refractivity contribution in [3.63, 3.8) is 0 Å². The van der Waals surface area contributed by atoms with Crippen LogP contribution < -0.4 is 11.1 Å². The number of hydrogen-bond acceptors (Lipinski definition) is 4. The monoisotopic (exact) mass is 200 g/mol. The summed E-state index contributed by atoms with van der Waals surface area (Å²) >= 11 is 0. The van der Waals surface area contributed by atoms with E-state index in [1.54, 1.807) is 0 Å². The molecule has 1 atom stereocenters. The predicted octanol–water partition coefficient (Wildman–Crippen LogP) is -0.829. The molecule has 4 heteroatoms. The standard InChI is InChI=1S/C9H19N3.CH5N/c1-2-11-5-6-12-4-3-10-7-9(12)8-11;1-2/h9-10H,2-8H2,1H3;2H2,1H3. The molecular weight excluding hydrogens is 176 g/mol. The predicted molar refractivity (Wildman–Crippen MR) is 60.5 cm³/mol. The van der Waals surface area contributed by atoms with Crippen molar-refractivity contribution in [2.24, 2.45) is 5.73 Å². The second kappa shape index (κ2) is 6.35. The Morgan fingerprint density at radius 2 is 2.07 bits per heavy atom. The first kappa shape index (κ1) is 11.9. The van der Waals surface area contributed by atoms with Crippen LogP contribution in [0, 0.1) is 0 Å². The zero-order valence-corrected chi connectivity index (χ0v) is 9.50. The van der Waals surface area contributed by atoms with E-state index in [1.807, 2.05) is 0 Å². The second-order valence-electron chi connectivity index (χ2n) is 3.79. The Labute approximate surface area is 87.4 Å². The van der Waals surface area contributed by atoms with Crippen LogP contribution in [0.2, 0.25) is 0 Å². The number of rotatable bonds is 1. The van der Waals surface area contributed by atoms with Crippen LogP contribution in [0.15, 0.2) is 0 Å². The number of fused-ring (bicyclic) bond motifs is 1. The molecule has 2 rings (SSSR count). The van der Waals surface area contributed by atoms with Crippen molar-refractivity contribution in [2.75, 3.05) is 52.9 Å². The Kier molecular flexibility index (Phi) is 5.40. The zero-order chi connectivity index (χ0) is 10.4. The first-order chi connectivity index (χ1) is 6.90. The second-order valence-corrected chi connectivity index (χ2v) is 3.79. The molecule has 3 N–H and O–H groups in total. The summed E-state index contributed by atoms with van der Waals surface area (Å²) in [5.74, 6) is 0. The number of hydrogen-bond donors (Lipinski definition) is 2. The van der Waals surface area contributed by atoms with Crippen molar-refractivity contribution < 1.29 is 0 Å². The van der Waals surface area contributed by atoms with Gasteiger partial charge >= 0.3 is 0 Å². The number of nitrogens with zero attached hydrogens (tertiary/aromatic N) is 2. The van der Waals surface area contributed by atoms with E-state index in [2.05, 4.69) is 27.8 Å². The Bertz CT molecular complexity index is 151. The first-order valence-electron chi connectivity index (χ1n) is 5.65. The summed E-state index contributed by atoms with van der Waals surface area (Å²) in [6.45, 7) is 10.9. The molecule has 0 radical (unpaired) electrons. The highest BCUT2D eigenvalue weighted by atomic mass is 15.3. The smallest absolute Gasteiger partial charge is 0.0348 e. The third kappa shape index (κ3) is 2.92. The fourth-order valence-corrected chi connectivity index (χ4v) is 2.22. The van der Waals surface area contributed by atoms with Crippen molar-refractivity contribution in [1.29, 1.82) is 0 Å². The van der Waals surface area contributed by atoms with Crippen molar-refractivity contribution in [2.45, 2.75) is 13.0 Å². The van der Waals surface area contributed by atoms with Gasteiger partial charge in [-0.15, -0.1) is 0 Å².